The molecule has 5 nitrogen and oxygen atoms in total. The van der Waals surface area contributed by atoms with Crippen LogP contribution < -0.4 is 10.5 Å². The van der Waals surface area contributed by atoms with E-state index in [1.54, 1.807) is 17.8 Å². The molecule has 0 saturated carbocycles. The van der Waals surface area contributed by atoms with Crippen molar-refractivity contribution in [1.29, 1.82) is 0 Å². The quantitative estimate of drug-likeness (QED) is 0.733. The average molecular weight is 319 g/mol. The van der Waals surface area contributed by atoms with Crippen molar-refractivity contribution < 1.29 is 8.42 Å². The third-order valence-corrected chi connectivity index (χ3v) is 4.96. The van der Waals surface area contributed by atoms with Crippen LogP contribution in [0.4, 0.5) is 0 Å². The van der Waals surface area contributed by atoms with Gasteiger partial charge in [0.15, 0.2) is 0 Å². The highest BCUT2D eigenvalue weighted by molar-refractivity contribution is 7.98. The van der Waals surface area contributed by atoms with E-state index in [1.807, 2.05) is 13.2 Å². The fourth-order valence-corrected chi connectivity index (χ4v) is 4.06. The molecule has 0 bridgehead atoms. The maximum absolute atomic E-state index is 12.3. The number of hydrogen-bond acceptors (Lipinski definition) is 5. The van der Waals surface area contributed by atoms with E-state index in [0.717, 1.165) is 0 Å². The molecule has 1 atom stereocenters. The van der Waals surface area contributed by atoms with Gasteiger partial charge in [0.1, 0.15) is 15.6 Å². The van der Waals surface area contributed by atoms with Crippen LogP contribution in [0.3, 0.4) is 0 Å². The van der Waals surface area contributed by atoms with Gasteiger partial charge in [0.25, 0.3) is 0 Å². The molecule has 0 fully saturated rings. The second-order valence-corrected chi connectivity index (χ2v) is 6.93. The molecule has 0 amide bonds. The number of aromatic nitrogens is 1. The second kappa shape index (κ2) is 7.18. The number of sulfonamides is 1. The van der Waals surface area contributed by atoms with Gasteiger partial charge >= 0.3 is 0 Å². The molecule has 0 spiro atoms. The van der Waals surface area contributed by atoms with E-state index >= 15 is 0 Å². The second-order valence-electron chi connectivity index (χ2n) is 3.90. The predicted molar refractivity (Wildman–Crippen MR) is 82.9 cm³/mol. The Morgan fingerprint density at radius 1 is 1.63 bits per heavy atom. The van der Waals surface area contributed by atoms with Crippen molar-refractivity contribution in [3.63, 3.8) is 0 Å². The molecule has 19 heavy (non-hydrogen) atoms. The Bertz CT molecular complexity index is 546. The summed E-state index contributed by atoms with van der Waals surface area (Å²) in [6.07, 6.45) is 4.11. The molecule has 0 aliphatic carbocycles. The molecule has 0 aliphatic rings. The summed E-state index contributed by atoms with van der Waals surface area (Å²) in [7, 11) is -3.66. The van der Waals surface area contributed by atoms with Crippen LogP contribution in [0.25, 0.3) is 0 Å². The first-order valence-electron chi connectivity index (χ1n) is 5.68. The molecule has 0 aliphatic heterocycles. The van der Waals surface area contributed by atoms with Crippen LogP contribution in [0, 0.1) is 0 Å². The van der Waals surface area contributed by atoms with Crippen molar-refractivity contribution in [3.05, 3.63) is 24.0 Å². The molecule has 106 valence electrons. The highest BCUT2D eigenvalue weighted by Gasteiger charge is 2.23. The summed E-state index contributed by atoms with van der Waals surface area (Å²) < 4.78 is 27.3. The van der Waals surface area contributed by atoms with Gasteiger partial charge in [-0.25, -0.2) is 13.1 Å². The first kappa shape index (κ1) is 16.4. The minimum absolute atomic E-state index is 0.0288. The van der Waals surface area contributed by atoms with Gasteiger partial charge in [-0.15, -0.1) is 0 Å². The Morgan fingerprint density at radius 2 is 2.32 bits per heavy atom. The van der Waals surface area contributed by atoms with E-state index in [4.69, 9.17) is 18.0 Å². The van der Waals surface area contributed by atoms with E-state index in [0.29, 0.717) is 12.2 Å². The number of rotatable bonds is 7. The average Bonchev–Trinajstić information content (AvgIpc) is 2.38. The van der Waals surface area contributed by atoms with Crippen LogP contribution in [0.1, 0.15) is 19.0 Å². The molecule has 1 aromatic rings. The number of nitrogens with zero attached hydrogens (tertiary/aromatic N) is 1. The molecule has 3 N–H and O–H groups in total. The predicted octanol–water partition coefficient (Wildman–Crippen LogP) is 1.14. The summed E-state index contributed by atoms with van der Waals surface area (Å²) in [5.74, 6) is 0.707. The van der Waals surface area contributed by atoms with E-state index in [1.165, 1.54) is 12.3 Å². The Hall–Kier alpha value is -0.700. The normalized spacial score (nSPS) is 13.2. The Labute approximate surface area is 123 Å². The number of thiocarbonyl (C=S) groups is 1. The smallest absolute Gasteiger partial charge is 0.243 e. The van der Waals surface area contributed by atoms with Gasteiger partial charge in [0.05, 0.1) is 0 Å². The fourth-order valence-electron chi connectivity index (χ4n) is 1.51. The van der Waals surface area contributed by atoms with Gasteiger partial charge in [-0.1, -0.05) is 19.1 Å². The van der Waals surface area contributed by atoms with E-state index in [2.05, 4.69) is 9.71 Å². The minimum Gasteiger partial charge on any atom is -0.388 e. The van der Waals surface area contributed by atoms with Crippen molar-refractivity contribution in [1.82, 2.24) is 9.71 Å². The molecule has 1 aromatic heterocycles. The van der Waals surface area contributed by atoms with Crippen LogP contribution >= 0.6 is 24.0 Å². The van der Waals surface area contributed by atoms with Crippen molar-refractivity contribution >= 4 is 39.0 Å². The van der Waals surface area contributed by atoms with Gasteiger partial charge in [0, 0.05) is 18.0 Å². The van der Waals surface area contributed by atoms with Crippen molar-refractivity contribution in [2.75, 3.05) is 12.0 Å². The standard InChI is InChI=1S/C11H17N3O2S3/c1-3-8(7-18-2)14-19(15,16)9-5-4-6-13-10(9)11(12)17/h4-6,8,14H,3,7H2,1-2H3,(H2,12,17). The Morgan fingerprint density at radius 3 is 2.84 bits per heavy atom. The van der Waals surface area contributed by atoms with E-state index in [9.17, 15) is 8.42 Å². The lowest BCUT2D eigenvalue weighted by atomic mass is 10.3. The van der Waals surface area contributed by atoms with E-state index < -0.39 is 10.0 Å². The number of nitrogens with one attached hydrogen (secondary N) is 1. The summed E-state index contributed by atoms with van der Waals surface area (Å²) in [6.45, 7) is 1.93. The van der Waals surface area contributed by atoms with Crippen LogP contribution in [-0.4, -0.2) is 36.4 Å². The van der Waals surface area contributed by atoms with Crippen molar-refractivity contribution in [2.45, 2.75) is 24.3 Å². The zero-order valence-electron chi connectivity index (χ0n) is 10.8. The van der Waals surface area contributed by atoms with Crippen LogP contribution in [-0.2, 0) is 10.0 Å². The zero-order chi connectivity index (χ0) is 14.5. The number of hydrogen-bond donors (Lipinski definition) is 2. The fraction of sp³-hybridized carbons (Fsp3) is 0.455. The number of nitrogens with two attached hydrogens (primary N) is 1. The van der Waals surface area contributed by atoms with Gasteiger partial charge in [0.2, 0.25) is 10.0 Å². The Kier molecular flexibility index (Phi) is 6.18. The molecule has 1 unspecified atom stereocenters. The lowest BCUT2D eigenvalue weighted by Crippen LogP contribution is -2.37. The molecule has 0 saturated heterocycles. The molecular weight excluding hydrogens is 302 g/mol. The highest BCUT2D eigenvalue weighted by atomic mass is 32.2. The third-order valence-electron chi connectivity index (χ3n) is 2.48. The van der Waals surface area contributed by atoms with Gasteiger partial charge < -0.3 is 5.73 Å². The van der Waals surface area contributed by atoms with Crippen molar-refractivity contribution in [2.24, 2.45) is 5.73 Å². The van der Waals surface area contributed by atoms with Gasteiger partial charge in [-0.05, 0) is 24.8 Å². The van der Waals surface area contributed by atoms with E-state index in [-0.39, 0.29) is 21.6 Å². The monoisotopic (exact) mass is 319 g/mol. The lowest BCUT2D eigenvalue weighted by Gasteiger charge is -2.17. The lowest BCUT2D eigenvalue weighted by molar-refractivity contribution is 0.557. The van der Waals surface area contributed by atoms with Crippen molar-refractivity contribution in [3.8, 4) is 0 Å². The van der Waals surface area contributed by atoms with Gasteiger partial charge in [-0.2, -0.15) is 11.8 Å². The highest BCUT2D eigenvalue weighted by Crippen LogP contribution is 2.14. The summed E-state index contributed by atoms with van der Waals surface area (Å²) in [5, 5.41) is 0. The minimum atomic E-state index is -3.66. The molecular formula is C11H17N3O2S3. The van der Waals surface area contributed by atoms with Gasteiger partial charge in [-0.3, -0.25) is 4.98 Å². The Balaban J connectivity index is 3.10. The summed E-state index contributed by atoms with van der Waals surface area (Å²) >= 11 is 6.42. The molecule has 8 heteroatoms. The molecule has 0 radical (unpaired) electrons. The topological polar surface area (TPSA) is 85.1 Å². The van der Waals surface area contributed by atoms with Crippen LogP contribution in [0.15, 0.2) is 23.2 Å². The molecule has 1 rings (SSSR count). The maximum Gasteiger partial charge on any atom is 0.243 e. The first-order chi connectivity index (χ1) is 8.92. The number of pyridine rings is 1. The molecule has 0 aromatic carbocycles. The SMILES string of the molecule is CCC(CSC)NS(=O)(=O)c1cccnc1C(N)=S. The van der Waals surface area contributed by atoms with Crippen LogP contribution in [0.2, 0.25) is 0 Å². The maximum atomic E-state index is 12.3. The summed E-state index contributed by atoms with van der Waals surface area (Å²) in [6, 6.07) is 2.88. The number of thioether (sulfide) groups is 1. The third kappa shape index (κ3) is 4.41. The zero-order valence-corrected chi connectivity index (χ0v) is 13.2. The molecule has 1 heterocycles. The van der Waals surface area contributed by atoms with Crippen LogP contribution in [0.5, 0.6) is 0 Å². The summed E-state index contributed by atoms with van der Waals surface area (Å²) in [5.41, 5.74) is 5.63. The largest absolute Gasteiger partial charge is 0.388 e. The first-order valence-corrected chi connectivity index (χ1v) is 8.97. The summed E-state index contributed by atoms with van der Waals surface area (Å²) in [4.78, 5) is 3.93.